The lowest BCUT2D eigenvalue weighted by Crippen LogP contribution is -2.67. The van der Waals surface area contributed by atoms with Crippen LogP contribution < -0.4 is 21.9 Å². The molecule has 7 heterocycles. The molecule has 0 aliphatic carbocycles. The number of carboxylic acid groups (broad SMARTS) is 1. The summed E-state index contributed by atoms with van der Waals surface area (Å²) in [7, 11) is -14.3. The SMILES string of the molecule is C.C1CCOC1.CC(C)(C)OC(=O)OC(=O)OC(C)(C)C.CCCC[N+](CCCC)(CCCC)CCCC.C[C@@H]1C(=O)N(O)[C@@H]1C.C[C@@H]1C(=O)N(OCc2ccccc2)[C@@H]1C.C[C@@H]1C(=O)N(OS(=O)(=O)[O-])[C@@H]1C.C[C@@H]1C(=O)N(OS(=O)(=O)[O-])[C@@H]1C.C[C@@H]1[C@H](N)C(=O)N1OS(=O)(=O)O.C[C@H](O)[C@H](C)C(=O)NOCc1ccccc1.C[C@H](O)[C@H](N)C(=O)O.c1cc[nH+]cc1. The van der Waals surface area contributed by atoms with Crippen molar-refractivity contribution in [3.05, 3.63) is 102 Å². The van der Waals surface area contributed by atoms with Gasteiger partial charge in [-0.2, -0.15) is 22.0 Å². The number of aliphatic hydroxyl groups excluding tert-OH is 2. The summed E-state index contributed by atoms with van der Waals surface area (Å²) in [5.74, 6) is -4.15. The number of rotatable bonds is 28. The van der Waals surface area contributed by atoms with Crippen LogP contribution in [-0.2, 0) is 119 Å². The monoisotopic (exact) mass is 1870 g/mol. The van der Waals surface area contributed by atoms with E-state index in [2.05, 4.69) is 55.7 Å². The number of aromatic nitrogens is 1. The maximum Gasteiger partial charge on any atom is 0.519 e. The lowest BCUT2D eigenvalue weighted by Gasteiger charge is -2.42. The largest absolute Gasteiger partial charge is 0.724 e. The second-order valence-electron chi connectivity index (χ2n) is 32.4. The van der Waals surface area contributed by atoms with Gasteiger partial charge in [-0.15, -0.1) is 4.28 Å². The van der Waals surface area contributed by atoms with Crippen molar-refractivity contribution in [3.63, 3.8) is 0 Å². The summed E-state index contributed by atoms with van der Waals surface area (Å²) >= 11 is 0. The zero-order valence-electron chi connectivity index (χ0n) is 76.9. The van der Waals surface area contributed by atoms with E-state index < -0.39 is 115 Å². The van der Waals surface area contributed by atoms with Crippen molar-refractivity contribution in [2.45, 2.75) is 303 Å². The smallest absolute Gasteiger partial charge is 0.519 e. The number of ether oxygens (including phenoxy) is 4. The van der Waals surface area contributed by atoms with Gasteiger partial charge in [0.25, 0.3) is 29.5 Å². The van der Waals surface area contributed by atoms with E-state index in [1.807, 2.05) is 112 Å². The van der Waals surface area contributed by atoms with Crippen molar-refractivity contribution < 1.29 is 154 Å². The van der Waals surface area contributed by atoms with Crippen molar-refractivity contribution >= 4 is 84.9 Å². The molecule has 6 aliphatic heterocycles. The summed E-state index contributed by atoms with van der Waals surface area (Å²) in [5.41, 5.74) is 13.1. The van der Waals surface area contributed by atoms with Gasteiger partial charge in [0.15, 0.2) is 12.4 Å². The molecule has 6 amide bonds. The molecule has 6 fully saturated rings. The van der Waals surface area contributed by atoms with E-state index in [1.165, 1.54) is 114 Å². The topological polar surface area (TPSA) is 581 Å². The summed E-state index contributed by atoms with van der Waals surface area (Å²) in [4.78, 5) is 111. The third-order valence-electron chi connectivity index (χ3n) is 19.5. The molecule has 1 aromatic heterocycles. The van der Waals surface area contributed by atoms with Gasteiger partial charge in [-0.3, -0.25) is 53.0 Å². The molecule has 0 bridgehead atoms. The summed E-state index contributed by atoms with van der Waals surface area (Å²) in [6, 6.07) is 22.3. The van der Waals surface area contributed by atoms with Crippen LogP contribution in [0.25, 0.3) is 0 Å². The first-order valence-electron chi connectivity index (χ1n) is 41.7. The predicted molar refractivity (Wildman–Crippen MR) is 464 cm³/mol. The number of pyridine rings is 1. The molecule has 6 aliphatic rings. The molecule has 3 aromatic rings. The second-order valence-corrected chi connectivity index (χ2v) is 35.3. The maximum atomic E-state index is 11.4. The Morgan fingerprint density at radius 1 is 0.543 bits per heavy atom. The number of aliphatic carboxylic acids is 1. The number of nitrogens with one attached hydrogen (secondary N) is 2. The number of unbranched alkanes of at least 4 members (excludes halogenated alkanes) is 4. The minimum absolute atomic E-state index is 0. The Hall–Kier alpha value is -8.13. The van der Waals surface area contributed by atoms with Crippen molar-refractivity contribution in [2.24, 2.45) is 41.1 Å². The number of carbonyl (C=O) groups excluding carboxylic acids is 8. The number of nitrogens with two attached hydrogens (primary N) is 2. The molecule has 11 N–H and O–H groups in total. The molecule has 44 heteroatoms. The van der Waals surface area contributed by atoms with Crippen LogP contribution in [-0.4, -0.2) is 248 Å². The zero-order valence-corrected chi connectivity index (χ0v) is 79.3. The number of aliphatic hydroxyl groups is 2. The number of nitrogens with zero attached hydrogens (tertiary/aromatic N) is 6. The van der Waals surface area contributed by atoms with Gasteiger partial charge in [-0.25, -0.2) is 57.1 Å². The highest BCUT2D eigenvalue weighted by molar-refractivity contribution is 7.81. The van der Waals surface area contributed by atoms with E-state index >= 15 is 0 Å². The number of carbonyl (C=O) groups is 9. The Labute approximate surface area is 751 Å². The normalized spacial score (nSPS) is 21.1. The molecule has 9 rings (SSSR count). The summed E-state index contributed by atoms with van der Waals surface area (Å²) < 4.78 is 121. The highest BCUT2D eigenvalue weighted by Crippen LogP contribution is 2.30. The number of hydroxylamine groups is 11. The minimum atomic E-state index is -4.82. The van der Waals surface area contributed by atoms with Gasteiger partial charge in [0.2, 0.25) is 26.7 Å². The van der Waals surface area contributed by atoms with Crippen molar-refractivity contribution in [3.8, 4) is 0 Å². The van der Waals surface area contributed by atoms with Crippen molar-refractivity contribution in [1.29, 1.82) is 0 Å². The van der Waals surface area contributed by atoms with E-state index in [-0.39, 0.29) is 73.0 Å². The minimum Gasteiger partial charge on any atom is -0.724 e. The van der Waals surface area contributed by atoms with Gasteiger partial charge in [0.05, 0.1) is 105 Å². The van der Waals surface area contributed by atoms with Gasteiger partial charge in [-0.1, -0.05) is 162 Å². The Morgan fingerprint density at radius 3 is 1.13 bits per heavy atom. The summed E-state index contributed by atoms with van der Waals surface area (Å²) in [6.07, 6.45) is 13.6. The van der Waals surface area contributed by atoms with Crippen molar-refractivity contribution in [1.82, 2.24) is 30.8 Å². The number of hydrogen-bond acceptors (Lipinski definition) is 31. The van der Waals surface area contributed by atoms with Crippen LogP contribution in [0, 0.1) is 29.6 Å². The molecule has 2 aromatic carbocycles. The zero-order chi connectivity index (χ0) is 97.4. The molecule has 0 radical (unpaired) electrons. The Kier molecular flexibility index (Phi) is 59.5. The number of H-pyrrole nitrogens is 1. The first-order valence-corrected chi connectivity index (χ1v) is 45.8. The number of aromatic amines is 1. The Morgan fingerprint density at radius 2 is 0.890 bits per heavy atom. The number of benzene rings is 2. The number of carboxylic acids is 1. The molecule has 14 atom stereocenters. The van der Waals surface area contributed by atoms with Gasteiger partial charge >= 0.3 is 28.7 Å². The van der Waals surface area contributed by atoms with Gasteiger partial charge in [0, 0.05) is 25.3 Å². The average molecular weight is 1880 g/mol. The second kappa shape index (κ2) is 61.4. The van der Waals surface area contributed by atoms with E-state index in [1.54, 1.807) is 90.0 Å². The third-order valence-corrected chi connectivity index (χ3v) is 20.5. The average Bonchev–Trinajstić information content (AvgIpc) is 1.10. The molecule has 6 saturated heterocycles. The first kappa shape index (κ1) is 123. The lowest BCUT2D eigenvalue weighted by atomic mass is 9.94. The molecule has 41 nitrogen and oxygen atoms in total. The fourth-order valence-electron chi connectivity index (χ4n) is 10.5. The lowest BCUT2D eigenvalue weighted by molar-refractivity contribution is -0.929. The van der Waals surface area contributed by atoms with Gasteiger partial charge in [-0.05, 0) is 140 Å². The van der Waals surface area contributed by atoms with Crippen LogP contribution in [0.5, 0.6) is 0 Å². The van der Waals surface area contributed by atoms with Crippen LogP contribution in [0.4, 0.5) is 9.59 Å². The molecular formula is C83H146N10O31S3. The van der Waals surface area contributed by atoms with E-state index in [4.69, 9.17) is 55.3 Å². The van der Waals surface area contributed by atoms with Gasteiger partial charge in [0.1, 0.15) is 29.9 Å². The number of β-lactam (4-membered cyclic amide) rings is 5. The summed E-state index contributed by atoms with van der Waals surface area (Å²) in [5, 5.41) is 38.3. The maximum absolute atomic E-state index is 11.4. The molecule has 0 spiro atoms. The number of quaternary nitrogens is 1. The van der Waals surface area contributed by atoms with Crippen LogP contribution in [0.2, 0.25) is 0 Å². The van der Waals surface area contributed by atoms with E-state index in [0.717, 1.165) is 29.4 Å². The van der Waals surface area contributed by atoms with Crippen LogP contribution in [0.1, 0.15) is 235 Å². The highest BCUT2D eigenvalue weighted by Gasteiger charge is 2.47. The number of amides is 6. The van der Waals surface area contributed by atoms with Crippen LogP contribution in [0.3, 0.4) is 0 Å². The Balaban J connectivity index is -0.00000135. The molecule has 0 unspecified atom stereocenters. The molecule has 732 valence electrons. The van der Waals surface area contributed by atoms with Crippen LogP contribution in [0.15, 0.2) is 91.3 Å². The molecular weight excluding hydrogens is 1730 g/mol. The fraction of sp³-hybridized carbons (Fsp3) is 0.687. The highest BCUT2D eigenvalue weighted by atomic mass is 32.3. The quantitative estimate of drug-likeness (QED) is 0.00491. The fourth-order valence-corrected chi connectivity index (χ4v) is 11.7. The first-order chi connectivity index (χ1) is 58.2. The van der Waals surface area contributed by atoms with E-state index in [0.29, 0.717) is 28.4 Å². The summed E-state index contributed by atoms with van der Waals surface area (Å²) in [6.45, 7) is 47.9. The molecule has 127 heavy (non-hydrogen) atoms. The van der Waals surface area contributed by atoms with Crippen molar-refractivity contribution in [2.75, 3.05) is 39.4 Å². The van der Waals surface area contributed by atoms with Crippen LogP contribution >= 0.6 is 0 Å². The standard InChI is InChI=1S/C16H36N.C12H17NO3.C12H15NO2.C10H18O5.2C5H9NO5S.C5H9NO2.C5H5N.C4H8N2O5S.C4H9NO3.C4H8O.CH4/c1-5-9-13-17(14-10-6-2,15-11-7-3)16-12-8-4;1-9(10(2)14)12(15)13-16-8-11-6-4-3-5-7-11;1-9-10(2)13(12(9)14)15-8-11-6-4-3-5-7-11;1-9(2,3)14-7(11)13-8(12)15-10(4,5)6;2*1-3-4(2)6(5(3)7)11-12(8,9)10;1-3-4(2)6(8)5(3)7;1-2-4-6-5-3-1;1-2-3(5)4(7)6(2)11-12(8,9)10;1-2(6)3(5)4(7)8;1-2-4-5-3-1;/h5-16H2,1-4H3;3-7,9-10,14H,8H2,1-2H3,(H,13,15);3-7,9-10H,8H2,1-2H3;1-6H3;2*3-4H,1-2H3,(H,8,9,10);3-4,8H,1-2H3;1-5H;2-3H,5H2,1H3,(H,8,9,10);2-3,6H,5H2,1H3,(H,7,8);1-4H2;1H4/q+1;;;;;;;;;;;/p-1/t;9-,10-;9-,10+;;3*3-,4+;;2-,3+;2-,3-;;/m.00.000.10../s1. The predicted octanol–water partition coefficient (Wildman–Crippen LogP) is 8.84. The third kappa shape index (κ3) is 51.8. The van der Waals surface area contributed by atoms with E-state index in [9.17, 15) is 82.6 Å². The molecule has 0 saturated carbocycles. The Bertz CT molecular complexity index is 3760. The number of hydrogen-bond donors (Lipinski definition) is 8. The van der Waals surface area contributed by atoms with Gasteiger partial charge < -0.3 is 59.3 Å².